The van der Waals surface area contributed by atoms with Crippen molar-refractivity contribution in [2.24, 2.45) is 4.99 Å². The van der Waals surface area contributed by atoms with Crippen LogP contribution in [0.25, 0.3) is 6.08 Å². The number of likely N-dealkylation sites (N-methyl/N-ethyl adjacent to an activating group) is 1. The number of aromatic carboxylic acids is 1. The summed E-state index contributed by atoms with van der Waals surface area (Å²) in [7, 11) is 3.20. The van der Waals surface area contributed by atoms with Gasteiger partial charge in [0.2, 0.25) is 0 Å². The topological polar surface area (TPSA) is 88.4 Å². The van der Waals surface area contributed by atoms with E-state index in [1.54, 1.807) is 32.4 Å². The van der Waals surface area contributed by atoms with E-state index in [-0.39, 0.29) is 11.5 Å². The fraction of sp³-hybridized carbons (Fsp3) is 0.148. The second-order valence-corrected chi connectivity index (χ2v) is 9.90. The Bertz CT molecular complexity index is 1390. The molecule has 1 aliphatic rings. The van der Waals surface area contributed by atoms with Crippen molar-refractivity contribution < 1.29 is 24.2 Å². The van der Waals surface area contributed by atoms with Crippen LogP contribution in [0.2, 0.25) is 0 Å². The zero-order valence-electron chi connectivity index (χ0n) is 19.8. The third-order valence-corrected chi connectivity index (χ3v) is 7.02. The standard InChI is InChI=1S/C27H23BrN2O5S/c1-16-7-9-17(10-8-16)15-35-24-21(28)11-18(12-22(24)34-3)13-23-25(31)30(2)27(36-23)29-20-6-4-5-19(14-20)26(32)33/h4-14H,15H2,1-3H3,(H,32,33)/b23-13+,29-27?. The first kappa shape index (κ1) is 25.5. The third-order valence-electron chi connectivity index (χ3n) is 5.37. The van der Waals surface area contributed by atoms with Gasteiger partial charge in [-0.25, -0.2) is 9.79 Å². The number of benzene rings is 3. The maximum absolute atomic E-state index is 12.9. The number of nitrogens with zero attached hydrogens (tertiary/aromatic N) is 2. The molecular formula is C27H23BrN2O5S. The van der Waals surface area contributed by atoms with Gasteiger partial charge in [0.15, 0.2) is 16.7 Å². The number of methoxy groups -OCH3 is 1. The average Bonchev–Trinajstić information content (AvgIpc) is 3.11. The molecule has 0 aliphatic carbocycles. The molecule has 0 saturated carbocycles. The minimum absolute atomic E-state index is 0.131. The number of carboxylic acid groups (broad SMARTS) is 1. The number of carboxylic acids is 1. The van der Waals surface area contributed by atoms with Gasteiger partial charge in [0.05, 0.1) is 27.7 Å². The highest BCUT2D eigenvalue weighted by Gasteiger charge is 2.30. The van der Waals surface area contributed by atoms with Crippen LogP contribution in [0.15, 0.2) is 75.0 Å². The van der Waals surface area contributed by atoms with Crippen molar-refractivity contribution >= 4 is 56.5 Å². The van der Waals surface area contributed by atoms with Gasteiger partial charge in [-0.2, -0.15) is 0 Å². The predicted molar refractivity (Wildman–Crippen MR) is 145 cm³/mol. The zero-order valence-corrected chi connectivity index (χ0v) is 22.2. The van der Waals surface area contributed by atoms with Gasteiger partial charge in [-0.15, -0.1) is 0 Å². The molecule has 1 saturated heterocycles. The normalized spacial score (nSPS) is 15.6. The number of aliphatic imine (C=N–C) groups is 1. The molecule has 1 fully saturated rings. The van der Waals surface area contributed by atoms with Gasteiger partial charge < -0.3 is 14.6 Å². The Morgan fingerprint density at radius 1 is 1.17 bits per heavy atom. The summed E-state index contributed by atoms with van der Waals surface area (Å²) in [5.74, 6) is -0.135. The molecule has 0 spiro atoms. The number of thioether (sulfide) groups is 1. The number of ether oxygens (including phenoxy) is 2. The monoisotopic (exact) mass is 566 g/mol. The van der Waals surface area contributed by atoms with E-state index in [9.17, 15) is 14.7 Å². The average molecular weight is 567 g/mol. The van der Waals surface area contributed by atoms with Crippen molar-refractivity contribution in [3.63, 3.8) is 0 Å². The summed E-state index contributed by atoms with van der Waals surface area (Å²) in [5.41, 5.74) is 3.56. The number of aryl methyl sites for hydroxylation is 1. The molecule has 0 radical (unpaired) electrons. The zero-order chi connectivity index (χ0) is 25.8. The van der Waals surface area contributed by atoms with Crippen LogP contribution < -0.4 is 9.47 Å². The first-order valence-electron chi connectivity index (χ1n) is 10.9. The molecule has 9 heteroatoms. The molecule has 0 bridgehead atoms. The summed E-state index contributed by atoms with van der Waals surface area (Å²) >= 11 is 4.78. The lowest BCUT2D eigenvalue weighted by Crippen LogP contribution is -2.23. The highest BCUT2D eigenvalue weighted by Crippen LogP contribution is 2.39. The number of amides is 1. The molecule has 7 nitrogen and oxygen atoms in total. The second kappa shape index (κ2) is 11.0. The molecule has 1 aliphatic heterocycles. The largest absolute Gasteiger partial charge is 0.493 e. The lowest BCUT2D eigenvalue weighted by molar-refractivity contribution is -0.121. The van der Waals surface area contributed by atoms with Crippen LogP contribution in [-0.4, -0.2) is 41.2 Å². The van der Waals surface area contributed by atoms with Gasteiger partial charge in [-0.1, -0.05) is 35.9 Å². The highest BCUT2D eigenvalue weighted by atomic mass is 79.9. The maximum Gasteiger partial charge on any atom is 0.335 e. The quantitative estimate of drug-likeness (QED) is 0.339. The first-order chi connectivity index (χ1) is 17.2. The fourth-order valence-corrected chi connectivity index (χ4v) is 4.99. The van der Waals surface area contributed by atoms with Crippen molar-refractivity contribution in [2.45, 2.75) is 13.5 Å². The molecule has 36 heavy (non-hydrogen) atoms. The molecular weight excluding hydrogens is 544 g/mol. The molecule has 3 aromatic rings. The van der Waals surface area contributed by atoms with Crippen LogP contribution in [0.3, 0.4) is 0 Å². The summed E-state index contributed by atoms with van der Waals surface area (Å²) in [5, 5.41) is 9.66. The number of hydrogen-bond donors (Lipinski definition) is 1. The van der Waals surface area contributed by atoms with E-state index in [2.05, 4.69) is 20.9 Å². The van der Waals surface area contributed by atoms with Crippen molar-refractivity contribution in [3.05, 3.63) is 92.3 Å². The second-order valence-electron chi connectivity index (χ2n) is 8.03. The van der Waals surface area contributed by atoms with Gasteiger partial charge in [0.1, 0.15) is 6.61 Å². The summed E-state index contributed by atoms with van der Waals surface area (Å²) in [6.07, 6.45) is 1.76. The van der Waals surface area contributed by atoms with E-state index in [1.165, 1.54) is 34.4 Å². The Morgan fingerprint density at radius 2 is 1.92 bits per heavy atom. The minimum Gasteiger partial charge on any atom is -0.493 e. The molecule has 0 unspecified atom stereocenters. The van der Waals surface area contributed by atoms with Gasteiger partial charge in [0.25, 0.3) is 5.91 Å². The van der Waals surface area contributed by atoms with Crippen molar-refractivity contribution in [1.29, 1.82) is 0 Å². The Labute approximate surface area is 221 Å². The number of carbonyl (C=O) groups excluding carboxylic acids is 1. The van der Waals surface area contributed by atoms with Gasteiger partial charge in [-0.3, -0.25) is 9.69 Å². The Hall–Kier alpha value is -3.56. The molecule has 0 atom stereocenters. The minimum atomic E-state index is -1.04. The maximum atomic E-state index is 12.9. The van der Waals surface area contributed by atoms with E-state index >= 15 is 0 Å². The van der Waals surface area contributed by atoms with E-state index in [1.807, 2.05) is 43.3 Å². The summed E-state index contributed by atoms with van der Waals surface area (Å²) in [4.78, 5) is 30.5. The smallest absolute Gasteiger partial charge is 0.335 e. The van der Waals surface area contributed by atoms with E-state index in [0.29, 0.717) is 38.3 Å². The fourth-order valence-electron chi connectivity index (χ4n) is 3.42. The Balaban J connectivity index is 1.57. The SMILES string of the molecule is COc1cc(/C=C2/SC(=Nc3cccc(C(=O)O)c3)N(C)C2=O)cc(Br)c1OCc1ccc(C)cc1. The van der Waals surface area contributed by atoms with E-state index in [0.717, 1.165) is 11.1 Å². The van der Waals surface area contributed by atoms with E-state index in [4.69, 9.17) is 9.47 Å². The highest BCUT2D eigenvalue weighted by molar-refractivity contribution is 9.10. The van der Waals surface area contributed by atoms with Crippen molar-refractivity contribution in [3.8, 4) is 11.5 Å². The molecule has 184 valence electrons. The van der Waals surface area contributed by atoms with Crippen LogP contribution in [-0.2, 0) is 11.4 Å². The molecule has 0 aromatic heterocycles. The molecule has 1 N–H and O–H groups in total. The van der Waals surface area contributed by atoms with Crippen LogP contribution in [0.5, 0.6) is 11.5 Å². The van der Waals surface area contributed by atoms with Crippen molar-refractivity contribution in [1.82, 2.24) is 4.90 Å². The van der Waals surface area contributed by atoms with Gasteiger partial charge in [-0.05, 0) is 82.2 Å². The van der Waals surface area contributed by atoms with Crippen molar-refractivity contribution in [2.75, 3.05) is 14.2 Å². The first-order valence-corrected chi connectivity index (χ1v) is 12.5. The summed E-state index contributed by atoms with van der Waals surface area (Å²) in [6.45, 7) is 2.42. The van der Waals surface area contributed by atoms with Gasteiger partial charge in [0, 0.05) is 7.05 Å². The molecule has 1 amide bonds. The number of halogens is 1. The van der Waals surface area contributed by atoms with Gasteiger partial charge >= 0.3 is 5.97 Å². The van der Waals surface area contributed by atoms with Crippen LogP contribution >= 0.6 is 27.7 Å². The van der Waals surface area contributed by atoms with Crippen LogP contribution in [0.4, 0.5) is 5.69 Å². The number of amidine groups is 1. The Kier molecular flexibility index (Phi) is 7.81. The Morgan fingerprint density at radius 3 is 2.61 bits per heavy atom. The lowest BCUT2D eigenvalue weighted by atomic mass is 10.1. The summed E-state index contributed by atoms with van der Waals surface area (Å²) < 4.78 is 12.3. The number of hydrogen-bond acceptors (Lipinski definition) is 6. The summed E-state index contributed by atoms with van der Waals surface area (Å²) in [6, 6.07) is 18.0. The third kappa shape index (κ3) is 5.80. The van der Waals surface area contributed by atoms with Crippen LogP contribution in [0, 0.1) is 6.92 Å². The van der Waals surface area contributed by atoms with Crippen LogP contribution in [0.1, 0.15) is 27.0 Å². The molecule has 1 heterocycles. The van der Waals surface area contributed by atoms with E-state index < -0.39 is 5.97 Å². The molecule has 3 aromatic carbocycles. The predicted octanol–water partition coefficient (Wildman–Crippen LogP) is 6.28. The number of rotatable bonds is 7. The number of carbonyl (C=O) groups is 2. The lowest BCUT2D eigenvalue weighted by Gasteiger charge is -2.14. The molecule has 4 rings (SSSR count).